The molecule has 0 bridgehead atoms. The van der Waals surface area contributed by atoms with Crippen LogP contribution in [0.5, 0.6) is 0 Å². The van der Waals surface area contributed by atoms with E-state index in [0.29, 0.717) is 0 Å². The van der Waals surface area contributed by atoms with Crippen LogP contribution in [0.1, 0.15) is 0 Å². The molecule has 0 amide bonds. The molecule has 6 N–H and O–H groups in total. The molecule has 0 aromatic rings. The Bertz CT molecular complexity index is 252. The summed E-state index contributed by atoms with van der Waals surface area (Å²) in [5, 5.41) is 34.1. The molecule has 15 heavy (non-hydrogen) atoms. The number of carbonyl (C=O) groups is 1. The van der Waals surface area contributed by atoms with Gasteiger partial charge in [0.2, 0.25) is 0 Å². The number of aliphatic hydroxyl groups is 4. The average molecular weight is 248 g/mol. The second-order valence-electron chi connectivity index (χ2n) is 2.32. The molecular weight excluding hydrogens is 236 g/mol. The van der Waals surface area contributed by atoms with Crippen LogP contribution in [0.2, 0.25) is 0 Å². The monoisotopic (exact) mass is 248 g/mol. The van der Waals surface area contributed by atoms with Crippen molar-refractivity contribution in [3.63, 3.8) is 0 Å². The minimum absolute atomic E-state index is 0.0869. The van der Waals surface area contributed by atoms with Crippen molar-refractivity contribution in [2.75, 3.05) is 6.61 Å². The first-order valence-corrected chi connectivity index (χ1v) is 4.83. The van der Waals surface area contributed by atoms with Gasteiger partial charge in [0, 0.05) is 0 Å². The highest BCUT2D eigenvalue weighted by Crippen LogP contribution is 1.96. The molecule has 0 rings (SSSR count). The fraction of sp³-hybridized carbons (Fsp3) is 0.800. The highest BCUT2D eigenvalue weighted by atomic mass is 32.3. The van der Waals surface area contributed by atoms with E-state index in [9.17, 15) is 4.79 Å². The van der Waals surface area contributed by atoms with E-state index in [-0.39, 0.29) is 6.29 Å². The zero-order valence-corrected chi connectivity index (χ0v) is 8.15. The molecule has 0 aromatic heterocycles. The summed E-state index contributed by atoms with van der Waals surface area (Å²) >= 11 is 0. The summed E-state index contributed by atoms with van der Waals surface area (Å²) in [5.41, 5.74) is 0. The second-order valence-corrected chi connectivity index (χ2v) is 3.21. The number of hydrogen-bond acceptors (Lipinski definition) is 7. The van der Waals surface area contributed by atoms with Gasteiger partial charge < -0.3 is 25.2 Å². The van der Waals surface area contributed by atoms with E-state index < -0.39 is 35.3 Å². The van der Waals surface area contributed by atoms with E-state index >= 15 is 0 Å². The molecule has 0 aliphatic heterocycles. The molecule has 0 fully saturated rings. The van der Waals surface area contributed by atoms with Gasteiger partial charge in [-0.25, -0.2) is 0 Å². The first-order chi connectivity index (χ1) is 6.63. The minimum atomic E-state index is -4.67. The zero-order chi connectivity index (χ0) is 12.6. The Morgan fingerprint density at radius 3 is 1.67 bits per heavy atom. The molecule has 0 aromatic carbocycles. The first-order valence-electron chi connectivity index (χ1n) is 3.43. The van der Waals surface area contributed by atoms with Gasteiger partial charge in [0.05, 0.1) is 6.61 Å². The molecule has 0 aliphatic carbocycles. The molecule has 0 aliphatic rings. The van der Waals surface area contributed by atoms with Crippen molar-refractivity contribution in [2.45, 2.75) is 18.3 Å². The lowest BCUT2D eigenvalue weighted by Crippen LogP contribution is -2.40. The Morgan fingerprint density at radius 2 is 1.47 bits per heavy atom. The van der Waals surface area contributed by atoms with Gasteiger partial charge in [0.15, 0.2) is 6.29 Å². The Hall–Kier alpha value is -0.620. The van der Waals surface area contributed by atoms with Crippen molar-refractivity contribution in [3.05, 3.63) is 0 Å². The van der Waals surface area contributed by atoms with Gasteiger partial charge in [0.1, 0.15) is 18.3 Å². The largest absolute Gasteiger partial charge is 0.394 e. The quantitative estimate of drug-likeness (QED) is 0.219. The van der Waals surface area contributed by atoms with E-state index in [4.69, 9.17) is 37.9 Å². The van der Waals surface area contributed by atoms with E-state index in [1.165, 1.54) is 0 Å². The zero-order valence-electron chi connectivity index (χ0n) is 7.33. The van der Waals surface area contributed by atoms with Crippen LogP contribution in [0, 0.1) is 0 Å². The standard InChI is InChI=1S/C5H10O5.H2O4S/c6-1-3(8)5(10)4(9)2-7;1-5(2,3)4/h1,3-5,7-10H,2H2;(H2,1,2,3,4)/t3-,4+,5-;/m0./s1. The van der Waals surface area contributed by atoms with Crippen LogP contribution < -0.4 is 0 Å². The Kier molecular flexibility index (Phi) is 8.56. The number of aldehydes is 1. The predicted octanol–water partition coefficient (Wildman–Crippen LogP) is -3.39. The molecule has 3 atom stereocenters. The molecule has 0 radical (unpaired) electrons. The topological polar surface area (TPSA) is 173 Å². The lowest BCUT2D eigenvalue weighted by atomic mass is 10.1. The fourth-order valence-corrected chi connectivity index (χ4v) is 0.416. The van der Waals surface area contributed by atoms with Crippen LogP contribution in [-0.4, -0.2) is 69.2 Å². The van der Waals surface area contributed by atoms with Crippen molar-refractivity contribution >= 4 is 16.7 Å². The van der Waals surface area contributed by atoms with Gasteiger partial charge in [0.25, 0.3) is 0 Å². The van der Waals surface area contributed by atoms with Crippen LogP contribution in [-0.2, 0) is 15.2 Å². The molecule has 0 heterocycles. The van der Waals surface area contributed by atoms with Crippen molar-refractivity contribution in [1.29, 1.82) is 0 Å². The van der Waals surface area contributed by atoms with Gasteiger partial charge in [-0.1, -0.05) is 0 Å². The summed E-state index contributed by atoms with van der Waals surface area (Å²) in [4.78, 5) is 9.76. The van der Waals surface area contributed by atoms with Gasteiger partial charge >= 0.3 is 10.4 Å². The summed E-state index contributed by atoms with van der Waals surface area (Å²) < 4.78 is 31.6. The van der Waals surface area contributed by atoms with Gasteiger partial charge in [-0.15, -0.1) is 0 Å². The van der Waals surface area contributed by atoms with E-state index in [2.05, 4.69) is 0 Å². The maximum absolute atomic E-state index is 9.76. The van der Waals surface area contributed by atoms with E-state index in [0.717, 1.165) is 0 Å². The highest BCUT2D eigenvalue weighted by Gasteiger charge is 2.22. The van der Waals surface area contributed by atoms with Crippen molar-refractivity contribution in [3.8, 4) is 0 Å². The second kappa shape index (κ2) is 7.64. The number of aliphatic hydroxyl groups excluding tert-OH is 4. The van der Waals surface area contributed by atoms with E-state index in [1.807, 2.05) is 0 Å². The summed E-state index contributed by atoms with van der Waals surface area (Å²) in [6.07, 6.45) is -4.63. The SMILES string of the molecule is O=C[C@H](O)[C@H](O)[C@H](O)CO.O=S(=O)(O)O. The third-order valence-corrected chi connectivity index (χ3v) is 1.07. The summed E-state index contributed by atoms with van der Waals surface area (Å²) in [6, 6.07) is 0. The number of rotatable bonds is 4. The Balaban J connectivity index is 0. The molecule has 0 unspecified atom stereocenters. The van der Waals surface area contributed by atoms with Gasteiger partial charge in [-0.2, -0.15) is 8.42 Å². The Labute approximate surface area is 85.2 Å². The molecule has 9 nitrogen and oxygen atoms in total. The summed E-state index contributed by atoms with van der Waals surface area (Å²) in [5.74, 6) is 0. The highest BCUT2D eigenvalue weighted by molar-refractivity contribution is 7.79. The van der Waals surface area contributed by atoms with Crippen LogP contribution in [0.4, 0.5) is 0 Å². The van der Waals surface area contributed by atoms with Gasteiger partial charge in [-0.3, -0.25) is 9.11 Å². The average Bonchev–Trinajstić information content (AvgIpc) is 2.11. The lowest BCUT2D eigenvalue weighted by molar-refractivity contribution is -0.127. The molecule has 0 saturated carbocycles. The predicted molar refractivity (Wildman–Crippen MR) is 45.3 cm³/mol. The van der Waals surface area contributed by atoms with Crippen molar-refractivity contribution < 1.29 is 42.7 Å². The molecular formula is C5H12O9S. The fourth-order valence-electron chi connectivity index (χ4n) is 0.416. The van der Waals surface area contributed by atoms with Crippen LogP contribution >= 0.6 is 0 Å². The number of hydrogen-bond donors (Lipinski definition) is 6. The van der Waals surface area contributed by atoms with Crippen LogP contribution in [0.15, 0.2) is 0 Å². The van der Waals surface area contributed by atoms with Crippen LogP contribution in [0.3, 0.4) is 0 Å². The molecule has 0 saturated heterocycles. The van der Waals surface area contributed by atoms with Crippen molar-refractivity contribution in [1.82, 2.24) is 0 Å². The third-order valence-electron chi connectivity index (χ3n) is 1.07. The molecule has 92 valence electrons. The summed E-state index contributed by atoms with van der Waals surface area (Å²) in [6.45, 7) is -0.688. The molecule has 0 spiro atoms. The smallest absolute Gasteiger partial charge is 0.394 e. The number of carbonyl (C=O) groups excluding carboxylic acids is 1. The maximum atomic E-state index is 9.76. The normalized spacial score (nSPS) is 16.9. The van der Waals surface area contributed by atoms with Crippen molar-refractivity contribution in [2.24, 2.45) is 0 Å². The molecule has 10 heteroatoms. The Morgan fingerprint density at radius 1 is 1.13 bits per heavy atom. The van der Waals surface area contributed by atoms with E-state index in [1.54, 1.807) is 0 Å². The summed E-state index contributed by atoms with van der Waals surface area (Å²) in [7, 11) is -4.67. The maximum Gasteiger partial charge on any atom is 0.394 e. The minimum Gasteiger partial charge on any atom is -0.394 e. The third kappa shape index (κ3) is 13.4. The first kappa shape index (κ1) is 16.8. The van der Waals surface area contributed by atoms with Crippen LogP contribution in [0.25, 0.3) is 0 Å². The lowest BCUT2D eigenvalue weighted by Gasteiger charge is -2.16. The van der Waals surface area contributed by atoms with Gasteiger partial charge in [-0.05, 0) is 0 Å².